The number of amidine groups is 1. The molecule has 0 fully saturated rings. The molecule has 0 saturated heterocycles. The van der Waals surface area contributed by atoms with Gasteiger partial charge < -0.3 is 16.3 Å². The zero-order valence-corrected chi connectivity index (χ0v) is 12.2. The summed E-state index contributed by atoms with van der Waals surface area (Å²) < 4.78 is 0. The summed E-state index contributed by atoms with van der Waals surface area (Å²) in [5.41, 5.74) is 6.59. The molecular formula is C14H11Cl2N3O2. The number of rotatable bonds is 3. The molecule has 0 unspecified atom stereocenters. The molecule has 0 saturated carbocycles. The highest BCUT2D eigenvalue weighted by Gasteiger charge is 2.12. The van der Waals surface area contributed by atoms with E-state index in [0.717, 1.165) is 0 Å². The first-order chi connectivity index (χ1) is 10.0. The average molecular weight is 324 g/mol. The summed E-state index contributed by atoms with van der Waals surface area (Å²) in [4.78, 5) is 12.2. The molecule has 0 aliphatic carbocycles. The second-order valence-electron chi connectivity index (χ2n) is 4.11. The third kappa shape index (κ3) is 3.45. The Morgan fingerprint density at radius 1 is 1.14 bits per heavy atom. The SMILES string of the molecule is N/C(=N/O)c1ccc(Cl)c(NC(=O)c2ccccc2Cl)c1. The number of carbonyl (C=O) groups excluding carboxylic acids is 1. The Morgan fingerprint density at radius 2 is 1.86 bits per heavy atom. The van der Waals surface area contributed by atoms with Crippen molar-refractivity contribution in [3.05, 3.63) is 63.6 Å². The number of halogens is 2. The number of hydrogen-bond donors (Lipinski definition) is 3. The first-order valence-electron chi connectivity index (χ1n) is 5.86. The Kier molecular flexibility index (Phi) is 4.67. The predicted octanol–water partition coefficient (Wildman–Crippen LogP) is 3.34. The van der Waals surface area contributed by atoms with E-state index in [1.165, 1.54) is 12.1 Å². The van der Waals surface area contributed by atoms with Crippen LogP contribution in [0.25, 0.3) is 0 Å². The van der Waals surface area contributed by atoms with E-state index in [1.54, 1.807) is 30.3 Å². The van der Waals surface area contributed by atoms with E-state index in [4.69, 9.17) is 34.1 Å². The summed E-state index contributed by atoms with van der Waals surface area (Å²) in [6.07, 6.45) is 0. The molecule has 2 aromatic rings. The van der Waals surface area contributed by atoms with Crippen molar-refractivity contribution in [2.24, 2.45) is 10.9 Å². The number of carbonyl (C=O) groups is 1. The quantitative estimate of drug-likeness (QED) is 0.350. The largest absolute Gasteiger partial charge is 0.409 e. The fourth-order valence-electron chi connectivity index (χ4n) is 1.67. The predicted molar refractivity (Wildman–Crippen MR) is 83.4 cm³/mol. The third-order valence-electron chi connectivity index (χ3n) is 2.74. The zero-order chi connectivity index (χ0) is 15.4. The van der Waals surface area contributed by atoms with Crippen LogP contribution in [0.2, 0.25) is 10.0 Å². The summed E-state index contributed by atoms with van der Waals surface area (Å²) in [7, 11) is 0. The van der Waals surface area contributed by atoms with E-state index in [0.29, 0.717) is 26.9 Å². The van der Waals surface area contributed by atoms with E-state index in [9.17, 15) is 4.79 Å². The lowest BCUT2D eigenvalue weighted by Gasteiger charge is -2.10. The van der Waals surface area contributed by atoms with E-state index in [2.05, 4.69) is 10.5 Å². The average Bonchev–Trinajstić information content (AvgIpc) is 2.49. The molecule has 0 spiro atoms. The van der Waals surface area contributed by atoms with E-state index < -0.39 is 5.91 Å². The molecule has 0 heterocycles. The minimum Gasteiger partial charge on any atom is -0.409 e. The molecule has 2 aromatic carbocycles. The molecule has 1 amide bonds. The van der Waals surface area contributed by atoms with Gasteiger partial charge in [-0.25, -0.2) is 0 Å². The van der Waals surface area contributed by atoms with Crippen molar-refractivity contribution in [1.29, 1.82) is 0 Å². The van der Waals surface area contributed by atoms with Gasteiger partial charge in [0.25, 0.3) is 5.91 Å². The summed E-state index contributed by atoms with van der Waals surface area (Å²) in [5, 5.41) is 14.9. The maximum absolute atomic E-state index is 12.2. The standard InChI is InChI=1S/C14H11Cl2N3O2/c15-10-4-2-1-3-9(10)14(20)18-12-7-8(13(17)19-21)5-6-11(12)16/h1-7,21H,(H2,17,19)(H,18,20). The normalized spacial score (nSPS) is 11.2. The van der Waals surface area contributed by atoms with Gasteiger partial charge in [0.1, 0.15) is 0 Å². The lowest BCUT2D eigenvalue weighted by atomic mass is 10.1. The summed E-state index contributed by atoms with van der Waals surface area (Å²) >= 11 is 12.0. The van der Waals surface area contributed by atoms with Gasteiger partial charge in [-0.05, 0) is 30.3 Å². The van der Waals surface area contributed by atoms with Gasteiger partial charge in [0.05, 0.1) is 21.3 Å². The third-order valence-corrected chi connectivity index (χ3v) is 3.40. The van der Waals surface area contributed by atoms with Gasteiger partial charge in [-0.15, -0.1) is 0 Å². The van der Waals surface area contributed by atoms with Crippen LogP contribution in [0.15, 0.2) is 47.6 Å². The van der Waals surface area contributed by atoms with Crippen molar-refractivity contribution in [3.8, 4) is 0 Å². The highest BCUT2D eigenvalue weighted by molar-refractivity contribution is 6.36. The van der Waals surface area contributed by atoms with Gasteiger partial charge in [-0.2, -0.15) is 0 Å². The molecule has 7 heteroatoms. The topological polar surface area (TPSA) is 87.7 Å². The van der Waals surface area contributed by atoms with Crippen molar-refractivity contribution < 1.29 is 10.0 Å². The number of nitrogens with two attached hydrogens (primary N) is 1. The molecule has 0 aliphatic heterocycles. The number of amides is 1. The fraction of sp³-hybridized carbons (Fsp3) is 0. The van der Waals surface area contributed by atoms with Gasteiger partial charge in [0, 0.05) is 5.56 Å². The van der Waals surface area contributed by atoms with Crippen LogP contribution in [0, 0.1) is 0 Å². The van der Waals surface area contributed by atoms with Gasteiger partial charge in [0.15, 0.2) is 5.84 Å². The number of hydrogen-bond acceptors (Lipinski definition) is 3. The van der Waals surface area contributed by atoms with Gasteiger partial charge in [-0.3, -0.25) is 4.79 Å². The minimum atomic E-state index is -0.404. The Bertz CT molecular complexity index is 717. The number of nitrogens with one attached hydrogen (secondary N) is 1. The Hall–Kier alpha value is -2.24. The summed E-state index contributed by atoms with van der Waals surface area (Å²) in [6, 6.07) is 11.3. The van der Waals surface area contributed by atoms with Crippen LogP contribution in [0.4, 0.5) is 5.69 Å². The van der Waals surface area contributed by atoms with E-state index in [-0.39, 0.29) is 5.84 Å². The molecule has 21 heavy (non-hydrogen) atoms. The second kappa shape index (κ2) is 6.47. The van der Waals surface area contributed by atoms with Crippen molar-refractivity contribution in [2.75, 3.05) is 5.32 Å². The molecule has 2 rings (SSSR count). The molecule has 0 aromatic heterocycles. The van der Waals surface area contributed by atoms with Crippen LogP contribution < -0.4 is 11.1 Å². The summed E-state index contributed by atoms with van der Waals surface area (Å²) in [5.74, 6) is -0.487. The zero-order valence-electron chi connectivity index (χ0n) is 10.7. The molecule has 4 N–H and O–H groups in total. The van der Waals surface area contributed by atoms with Crippen molar-refractivity contribution >= 4 is 40.6 Å². The van der Waals surface area contributed by atoms with Crippen LogP contribution in [0.1, 0.15) is 15.9 Å². The van der Waals surface area contributed by atoms with Crippen LogP contribution in [0.3, 0.4) is 0 Å². The molecule has 108 valence electrons. The Labute approximate surface area is 131 Å². The van der Waals surface area contributed by atoms with E-state index >= 15 is 0 Å². The maximum atomic E-state index is 12.2. The van der Waals surface area contributed by atoms with Crippen LogP contribution in [-0.4, -0.2) is 17.0 Å². The molecular weight excluding hydrogens is 313 g/mol. The molecule has 0 bridgehead atoms. The van der Waals surface area contributed by atoms with Gasteiger partial charge >= 0.3 is 0 Å². The summed E-state index contributed by atoms with van der Waals surface area (Å²) in [6.45, 7) is 0. The Balaban J connectivity index is 2.31. The van der Waals surface area contributed by atoms with Crippen LogP contribution in [-0.2, 0) is 0 Å². The smallest absolute Gasteiger partial charge is 0.257 e. The highest BCUT2D eigenvalue weighted by Crippen LogP contribution is 2.25. The highest BCUT2D eigenvalue weighted by atomic mass is 35.5. The van der Waals surface area contributed by atoms with E-state index in [1.807, 2.05) is 0 Å². The van der Waals surface area contributed by atoms with Crippen LogP contribution in [0.5, 0.6) is 0 Å². The van der Waals surface area contributed by atoms with Gasteiger partial charge in [0.2, 0.25) is 0 Å². The number of oxime groups is 1. The molecule has 0 radical (unpaired) electrons. The first kappa shape index (κ1) is 15.2. The van der Waals surface area contributed by atoms with Crippen molar-refractivity contribution in [3.63, 3.8) is 0 Å². The lowest BCUT2D eigenvalue weighted by Crippen LogP contribution is -2.16. The maximum Gasteiger partial charge on any atom is 0.257 e. The fourth-order valence-corrected chi connectivity index (χ4v) is 2.06. The number of anilines is 1. The number of nitrogens with zero attached hydrogens (tertiary/aromatic N) is 1. The minimum absolute atomic E-state index is 0.0834. The van der Waals surface area contributed by atoms with Crippen LogP contribution >= 0.6 is 23.2 Å². The Morgan fingerprint density at radius 3 is 2.52 bits per heavy atom. The first-order valence-corrected chi connectivity index (χ1v) is 6.62. The lowest BCUT2D eigenvalue weighted by molar-refractivity contribution is 0.102. The molecule has 0 aliphatic rings. The molecule has 5 nitrogen and oxygen atoms in total. The monoisotopic (exact) mass is 323 g/mol. The van der Waals surface area contributed by atoms with Crippen molar-refractivity contribution in [1.82, 2.24) is 0 Å². The number of benzene rings is 2. The second-order valence-corrected chi connectivity index (χ2v) is 4.93. The van der Waals surface area contributed by atoms with Gasteiger partial charge in [-0.1, -0.05) is 40.5 Å². The molecule has 0 atom stereocenters. The van der Waals surface area contributed by atoms with Crippen molar-refractivity contribution in [2.45, 2.75) is 0 Å².